The van der Waals surface area contributed by atoms with Crippen LogP contribution in [0, 0.1) is 0 Å². The van der Waals surface area contributed by atoms with E-state index in [0.717, 1.165) is 37.7 Å². The van der Waals surface area contributed by atoms with Crippen LogP contribution in [0.3, 0.4) is 0 Å². The summed E-state index contributed by atoms with van der Waals surface area (Å²) in [5.74, 6) is 0.554. The second-order valence-electron chi connectivity index (χ2n) is 7.43. The van der Waals surface area contributed by atoms with Crippen molar-refractivity contribution >= 4 is 52.2 Å². The van der Waals surface area contributed by atoms with Crippen molar-refractivity contribution in [1.82, 2.24) is 4.98 Å². The number of aromatic nitrogens is 1. The summed E-state index contributed by atoms with van der Waals surface area (Å²) in [5.41, 5.74) is 2.54. The van der Waals surface area contributed by atoms with Crippen LogP contribution in [0.1, 0.15) is 18.1 Å². The van der Waals surface area contributed by atoms with Crippen molar-refractivity contribution in [3.8, 4) is 5.75 Å². The van der Waals surface area contributed by atoms with Crippen LogP contribution in [0.15, 0.2) is 99.5 Å². The fourth-order valence-electron chi connectivity index (χ4n) is 3.47. The highest BCUT2D eigenvalue weighted by molar-refractivity contribution is 7.99. The van der Waals surface area contributed by atoms with Crippen molar-refractivity contribution in [3.05, 3.63) is 101 Å². The van der Waals surface area contributed by atoms with Gasteiger partial charge in [-0.15, -0.1) is 0 Å². The molecule has 34 heavy (non-hydrogen) atoms. The van der Waals surface area contributed by atoms with Gasteiger partial charge in [0.05, 0.1) is 12.1 Å². The van der Waals surface area contributed by atoms with Gasteiger partial charge >= 0.3 is 5.97 Å². The maximum absolute atomic E-state index is 12.6. The standard InChI is InChI=1S/C27H19ClN2O3S/c1-2-32-21-10-13-23-18(15-21)14-19(26(30-23)34-22-11-8-20(28)9-12-22)16-24-27(31)33-25(29-24)17-6-4-3-5-7-17/h3-16H,2H2,1H3/b24-16-. The van der Waals surface area contributed by atoms with Gasteiger partial charge in [-0.05, 0) is 73.7 Å². The van der Waals surface area contributed by atoms with Crippen LogP contribution in [-0.4, -0.2) is 23.5 Å². The number of pyridine rings is 1. The lowest BCUT2D eigenvalue weighted by Crippen LogP contribution is -2.05. The SMILES string of the molecule is CCOc1ccc2nc(Sc3ccc(Cl)cc3)c(/C=C3\N=C(c4ccccc4)OC3=O)cc2c1. The van der Waals surface area contributed by atoms with Crippen LogP contribution in [0.2, 0.25) is 5.02 Å². The molecular formula is C27H19ClN2O3S. The molecule has 0 amide bonds. The quantitative estimate of drug-likeness (QED) is 0.222. The van der Waals surface area contributed by atoms with E-state index in [1.54, 1.807) is 6.08 Å². The summed E-state index contributed by atoms with van der Waals surface area (Å²) < 4.78 is 11.1. The van der Waals surface area contributed by atoms with Gasteiger partial charge in [-0.1, -0.05) is 41.6 Å². The number of halogens is 1. The molecule has 5 nitrogen and oxygen atoms in total. The van der Waals surface area contributed by atoms with Gasteiger partial charge in [0, 0.05) is 26.4 Å². The number of hydrogen-bond donors (Lipinski definition) is 0. The number of rotatable bonds is 6. The van der Waals surface area contributed by atoms with Gasteiger partial charge in [0.1, 0.15) is 10.8 Å². The van der Waals surface area contributed by atoms with Crippen molar-refractivity contribution in [1.29, 1.82) is 0 Å². The molecule has 0 atom stereocenters. The number of fused-ring (bicyclic) bond motifs is 1. The number of carbonyl (C=O) groups is 1. The molecule has 0 aliphatic carbocycles. The number of aliphatic imine (C=N–C) groups is 1. The minimum Gasteiger partial charge on any atom is -0.494 e. The van der Waals surface area contributed by atoms with E-state index in [1.165, 1.54) is 11.8 Å². The molecule has 0 unspecified atom stereocenters. The minimum atomic E-state index is -0.496. The Kier molecular flexibility index (Phi) is 6.34. The number of ether oxygens (including phenoxy) is 2. The van der Waals surface area contributed by atoms with Gasteiger partial charge in [0.25, 0.3) is 0 Å². The maximum Gasteiger partial charge on any atom is 0.363 e. The normalized spacial score (nSPS) is 14.4. The Morgan fingerprint density at radius 3 is 2.59 bits per heavy atom. The zero-order chi connectivity index (χ0) is 23.5. The lowest BCUT2D eigenvalue weighted by Gasteiger charge is -2.10. The average Bonchev–Trinajstić information content (AvgIpc) is 3.22. The predicted molar refractivity (Wildman–Crippen MR) is 136 cm³/mol. The van der Waals surface area contributed by atoms with E-state index >= 15 is 0 Å². The molecule has 0 radical (unpaired) electrons. The highest BCUT2D eigenvalue weighted by Gasteiger charge is 2.24. The summed E-state index contributed by atoms with van der Waals surface area (Å²) in [7, 11) is 0. The number of carbonyl (C=O) groups excluding carboxylic acids is 1. The first-order valence-corrected chi connectivity index (χ1v) is 11.9. The molecule has 0 spiro atoms. The minimum absolute atomic E-state index is 0.221. The molecule has 1 aliphatic rings. The Labute approximate surface area is 206 Å². The topological polar surface area (TPSA) is 60.8 Å². The lowest BCUT2D eigenvalue weighted by atomic mass is 10.1. The van der Waals surface area contributed by atoms with Gasteiger partial charge in [0.2, 0.25) is 5.90 Å². The first-order valence-electron chi connectivity index (χ1n) is 10.7. The van der Waals surface area contributed by atoms with Crippen molar-refractivity contribution in [2.45, 2.75) is 16.8 Å². The monoisotopic (exact) mass is 486 g/mol. The molecule has 7 heteroatoms. The van der Waals surface area contributed by atoms with Gasteiger partial charge in [-0.25, -0.2) is 14.8 Å². The lowest BCUT2D eigenvalue weighted by molar-refractivity contribution is -0.129. The van der Waals surface area contributed by atoms with Crippen molar-refractivity contribution in [2.24, 2.45) is 4.99 Å². The third-order valence-electron chi connectivity index (χ3n) is 5.05. The van der Waals surface area contributed by atoms with E-state index in [-0.39, 0.29) is 11.6 Å². The van der Waals surface area contributed by atoms with Gasteiger partial charge in [-0.2, -0.15) is 0 Å². The molecule has 1 aromatic heterocycles. The summed E-state index contributed by atoms with van der Waals surface area (Å²) in [5, 5.41) is 2.30. The summed E-state index contributed by atoms with van der Waals surface area (Å²) in [6, 6.07) is 24.6. The zero-order valence-electron chi connectivity index (χ0n) is 18.2. The molecular weight excluding hydrogens is 468 g/mol. The molecule has 0 saturated heterocycles. The van der Waals surface area contributed by atoms with Crippen molar-refractivity contribution in [3.63, 3.8) is 0 Å². The third kappa shape index (κ3) is 4.83. The molecule has 3 aromatic carbocycles. The molecule has 168 valence electrons. The van der Waals surface area contributed by atoms with Crippen molar-refractivity contribution < 1.29 is 14.3 Å². The number of nitrogens with zero attached hydrogens (tertiary/aromatic N) is 2. The Bertz CT molecular complexity index is 1430. The van der Waals surface area contributed by atoms with Crippen LogP contribution in [0.25, 0.3) is 17.0 Å². The predicted octanol–water partition coefficient (Wildman–Crippen LogP) is 6.78. The number of hydrogen-bond acceptors (Lipinski definition) is 6. The Balaban J connectivity index is 1.60. The summed E-state index contributed by atoms with van der Waals surface area (Å²) >= 11 is 7.53. The highest BCUT2D eigenvalue weighted by Crippen LogP contribution is 2.34. The molecule has 0 N–H and O–H groups in total. The number of esters is 1. The Morgan fingerprint density at radius 2 is 1.82 bits per heavy atom. The number of cyclic esters (lactones) is 1. The van der Waals surface area contributed by atoms with Crippen LogP contribution < -0.4 is 4.74 Å². The average molecular weight is 487 g/mol. The van der Waals surface area contributed by atoms with E-state index in [4.69, 9.17) is 26.1 Å². The van der Waals surface area contributed by atoms with Gasteiger partial charge in [-0.3, -0.25) is 0 Å². The van der Waals surface area contributed by atoms with Crippen LogP contribution in [-0.2, 0) is 9.53 Å². The largest absolute Gasteiger partial charge is 0.494 e. The number of benzene rings is 3. The van der Waals surface area contributed by atoms with Gasteiger partial charge in [0.15, 0.2) is 5.70 Å². The smallest absolute Gasteiger partial charge is 0.363 e. The summed E-state index contributed by atoms with van der Waals surface area (Å²) in [4.78, 5) is 22.9. The van der Waals surface area contributed by atoms with E-state index in [1.807, 2.05) is 85.8 Å². The van der Waals surface area contributed by atoms with Crippen LogP contribution in [0.5, 0.6) is 5.75 Å². The fraction of sp³-hybridized carbons (Fsp3) is 0.0741. The first-order chi connectivity index (χ1) is 16.6. The second-order valence-corrected chi connectivity index (χ2v) is 8.93. The molecule has 4 aromatic rings. The van der Waals surface area contributed by atoms with E-state index < -0.39 is 5.97 Å². The van der Waals surface area contributed by atoms with E-state index in [0.29, 0.717) is 11.6 Å². The zero-order valence-corrected chi connectivity index (χ0v) is 19.8. The maximum atomic E-state index is 12.6. The fourth-order valence-corrected chi connectivity index (χ4v) is 4.47. The highest BCUT2D eigenvalue weighted by atomic mass is 35.5. The molecule has 1 aliphatic heterocycles. The Morgan fingerprint density at radius 1 is 1.03 bits per heavy atom. The van der Waals surface area contributed by atoms with Gasteiger partial charge < -0.3 is 9.47 Å². The summed E-state index contributed by atoms with van der Waals surface area (Å²) in [6.07, 6.45) is 1.72. The van der Waals surface area contributed by atoms with E-state index in [2.05, 4.69) is 4.99 Å². The van der Waals surface area contributed by atoms with Crippen molar-refractivity contribution in [2.75, 3.05) is 6.61 Å². The molecule has 0 saturated carbocycles. The van der Waals surface area contributed by atoms with Crippen LogP contribution in [0.4, 0.5) is 0 Å². The molecule has 2 heterocycles. The first kappa shape index (κ1) is 22.2. The molecule has 0 fully saturated rings. The molecule has 5 rings (SSSR count). The van der Waals surface area contributed by atoms with Crippen LogP contribution >= 0.6 is 23.4 Å². The summed E-state index contributed by atoms with van der Waals surface area (Å²) in [6.45, 7) is 2.52. The Hall–Kier alpha value is -3.61. The third-order valence-corrected chi connectivity index (χ3v) is 6.33. The van der Waals surface area contributed by atoms with E-state index in [9.17, 15) is 4.79 Å². The molecule has 0 bridgehead atoms. The second kappa shape index (κ2) is 9.71.